The third kappa shape index (κ3) is 7.28. The number of anilines is 1. The summed E-state index contributed by atoms with van der Waals surface area (Å²) in [5, 5.41) is 3.94. The predicted molar refractivity (Wildman–Crippen MR) is 121 cm³/mol. The lowest BCUT2D eigenvalue weighted by Gasteiger charge is -2.26. The molecule has 0 saturated carbocycles. The first-order valence-electron chi connectivity index (χ1n) is 10.3. The third-order valence-corrected chi connectivity index (χ3v) is 4.71. The SMILES string of the molecule is CN(C)c1cccc(OCC(=O)N/N=C/c2ccc(OCC(=O)N3CCOCC3)cc2)c1. The Morgan fingerprint density at radius 1 is 1.06 bits per heavy atom. The first-order valence-corrected chi connectivity index (χ1v) is 10.3. The van der Waals surface area contributed by atoms with E-state index in [1.165, 1.54) is 6.21 Å². The van der Waals surface area contributed by atoms with E-state index in [0.29, 0.717) is 37.8 Å². The molecular weight excluding hydrogens is 412 g/mol. The number of hydrogen-bond acceptors (Lipinski definition) is 7. The standard InChI is InChI=1S/C23H28N4O5/c1-26(2)19-4-3-5-21(14-19)31-16-22(28)25-24-15-18-6-8-20(9-7-18)32-17-23(29)27-10-12-30-13-11-27/h3-9,14-15H,10-13,16-17H2,1-2H3,(H,25,28)/b24-15+. The molecule has 0 atom stereocenters. The molecule has 3 rings (SSSR count). The molecule has 1 aliphatic rings. The molecule has 2 amide bonds. The van der Waals surface area contributed by atoms with Crippen molar-refractivity contribution in [3.8, 4) is 11.5 Å². The van der Waals surface area contributed by atoms with Crippen molar-refractivity contribution in [2.75, 3.05) is 58.5 Å². The number of carbonyl (C=O) groups is 2. The first kappa shape index (κ1) is 23.1. The minimum absolute atomic E-state index is 0.0130. The number of rotatable bonds is 9. The molecule has 1 aliphatic heterocycles. The monoisotopic (exact) mass is 440 g/mol. The molecule has 0 spiro atoms. The second-order valence-corrected chi connectivity index (χ2v) is 7.32. The van der Waals surface area contributed by atoms with Crippen LogP contribution in [0.2, 0.25) is 0 Å². The van der Waals surface area contributed by atoms with Crippen LogP contribution in [-0.4, -0.2) is 76.5 Å². The fraction of sp³-hybridized carbons (Fsp3) is 0.348. The number of hydrogen-bond donors (Lipinski definition) is 1. The van der Waals surface area contributed by atoms with Crippen LogP contribution < -0.4 is 19.8 Å². The second-order valence-electron chi connectivity index (χ2n) is 7.32. The van der Waals surface area contributed by atoms with Gasteiger partial charge < -0.3 is 24.0 Å². The number of hydrazone groups is 1. The van der Waals surface area contributed by atoms with E-state index in [4.69, 9.17) is 14.2 Å². The highest BCUT2D eigenvalue weighted by Gasteiger charge is 2.17. The Balaban J connectivity index is 1.39. The van der Waals surface area contributed by atoms with Gasteiger partial charge in [0.15, 0.2) is 13.2 Å². The Morgan fingerprint density at radius 3 is 2.50 bits per heavy atom. The van der Waals surface area contributed by atoms with Gasteiger partial charge in [-0.05, 0) is 42.0 Å². The Labute approximate surface area is 187 Å². The maximum atomic E-state index is 12.1. The van der Waals surface area contributed by atoms with Crippen LogP contribution in [0.5, 0.6) is 11.5 Å². The van der Waals surface area contributed by atoms with E-state index in [9.17, 15) is 9.59 Å². The second kappa shape index (κ2) is 11.7. The highest BCUT2D eigenvalue weighted by Crippen LogP contribution is 2.19. The van der Waals surface area contributed by atoms with Gasteiger partial charge in [-0.3, -0.25) is 9.59 Å². The molecule has 9 heteroatoms. The third-order valence-electron chi connectivity index (χ3n) is 4.71. The summed E-state index contributed by atoms with van der Waals surface area (Å²) in [5.41, 5.74) is 4.19. The molecule has 1 saturated heterocycles. The van der Waals surface area contributed by atoms with E-state index >= 15 is 0 Å². The van der Waals surface area contributed by atoms with Crippen molar-refractivity contribution in [2.45, 2.75) is 0 Å². The van der Waals surface area contributed by atoms with Crippen LogP contribution in [0, 0.1) is 0 Å². The van der Waals surface area contributed by atoms with Crippen LogP contribution in [0.15, 0.2) is 53.6 Å². The molecule has 9 nitrogen and oxygen atoms in total. The highest BCUT2D eigenvalue weighted by atomic mass is 16.5. The van der Waals surface area contributed by atoms with Crippen LogP contribution >= 0.6 is 0 Å². The number of amides is 2. The molecule has 0 unspecified atom stereocenters. The number of benzene rings is 2. The number of nitrogens with one attached hydrogen (secondary N) is 1. The lowest BCUT2D eigenvalue weighted by Crippen LogP contribution is -2.42. The van der Waals surface area contributed by atoms with E-state index in [1.54, 1.807) is 35.2 Å². The zero-order valence-corrected chi connectivity index (χ0v) is 18.3. The molecule has 2 aromatic carbocycles. The van der Waals surface area contributed by atoms with Gasteiger partial charge in [0.1, 0.15) is 11.5 Å². The van der Waals surface area contributed by atoms with E-state index in [1.807, 2.05) is 37.2 Å². The Bertz CT molecular complexity index is 924. The molecule has 0 aromatic heterocycles. The molecule has 2 aromatic rings. The highest BCUT2D eigenvalue weighted by molar-refractivity contribution is 5.83. The predicted octanol–water partition coefficient (Wildman–Crippen LogP) is 1.52. The number of carbonyl (C=O) groups excluding carboxylic acids is 2. The fourth-order valence-electron chi connectivity index (χ4n) is 2.91. The molecule has 0 bridgehead atoms. The first-order chi connectivity index (χ1) is 15.5. The maximum absolute atomic E-state index is 12.1. The van der Waals surface area contributed by atoms with E-state index in [-0.39, 0.29) is 25.0 Å². The fourth-order valence-corrected chi connectivity index (χ4v) is 2.91. The molecule has 0 radical (unpaired) electrons. The van der Waals surface area contributed by atoms with Crippen molar-refractivity contribution < 1.29 is 23.8 Å². The number of morpholine rings is 1. The molecule has 1 fully saturated rings. The van der Waals surface area contributed by atoms with Gasteiger partial charge in [0, 0.05) is 38.9 Å². The summed E-state index contributed by atoms with van der Waals surface area (Å²) in [5.74, 6) is 0.773. The number of ether oxygens (including phenoxy) is 3. The van der Waals surface area contributed by atoms with Gasteiger partial charge in [-0.25, -0.2) is 5.43 Å². The minimum Gasteiger partial charge on any atom is -0.484 e. The average molecular weight is 441 g/mol. The summed E-state index contributed by atoms with van der Waals surface area (Å²) in [7, 11) is 3.87. The smallest absolute Gasteiger partial charge is 0.277 e. The molecule has 0 aliphatic carbocycles. The van der Waals surface area contributed by atoms with Gasteiger partial charge in [0.2, 0.25) is 0 Å². The van der Waals surface area contributed by atoms with Crippen LogP contribution in [0.3, 0.4) is 0 Å². The van der Waals surface area contributed by atoms with Crippen molar-refractivity contribution in [2.24, 2.45) is 5.10 Å². The van der Waals surface area contributed by atoms with Gasteiger partial charge >= 0.3 is 0 Å². The molecular formula is C23H28N4O5. The molecule has 1 heterocycles. The minimum atomic E-state index is -0.363. The van der Waals surface area contributed by atoms with Crippen LogP contribution in [0.1, 0.15) is 5.56 Å². The summed E-state index contributed by atoms with van der Waals surface area (Å²) in [4.78, 5) is 27.7. The van der Waals surface area contributed by atoms with Gasteiger partial charge in [-0.2, -0.15) is 5.10 Å². The summed E-state index contributed by atoms with van der Waals surface area (Å²) < 4.78 is 16.3. The zero-order valence-electron chi connectivity index (χ0n) is 18.3. The Morgan fingerprint density at radius 2 is 1.78 bits per heavy atom. The Kier molecular flexibility index (Phi) is 8.44. The Hall–Kier alpha value is -3.59. The topological polar surface area (TPSA) is 92.7 Å². The summed E-state index contributed by atoms with van der Waals surface area (Å²) in [6, 6.07) is 14.5. The maximum Gasteiger partial charge on any atom is 0.277 e. The normalized spacial score (nSPS) is 13.6. The molecule has 32 heavy (non-hydrogen) atoms. The van der Waals surface area contributed by atoms with Gasteiger partial charge in [0.05, 0.1) is 19.4 Å². The van der Waals surface area contributed by atoms with Crippen molar-refractivity contribution >= 4 is 23.7 Å². The van der Waals surface area contributed by atoms with Crippen molar-refractivity contribution in [3.63, 3.8) is 0 Å². The molecule has 170 valence electrons. The van der Waals surface area contributed by atoms with Gasteiger partial charge in [0.25, 0.3) is 11.8 Å². The van der Waals surface area contributed by atoms with Gasteiger partial charge in [-0.1, -0.05) is 6.07 Å². The summed E-state index contributed by atoms with van der Waals surface area (Å²) in [6.07, 6.45) is 1.52. The molecule has 1 N–H and O–H groups in total. The lowest BCUT2D eigenvalue weighted by molar-refractivity contribution is -0.137. The quantitative estimate of drug-likeness (QED) is 0.470. The van der Waals surface area contributed by atoms with Gasteiger partial charge in [-0.15, -0.1) is 0 Å². The van der Waals surface area contributed by atoms with E-state index in [0.717, 1.165) is 11.3 Å². The van der Waals surface area contributed by atoms with Crippen LogP contribution in [0.25, 0.3) is 0 Å². The van der Waals surface area contributed by atoms with E-state index < -0.39 is 0 Å². The average Bonchev–Trinajstić information content (AvgIpc) is 2.82. The largest absolute Gasteiger partial charge is 0.484 e. The van der Waals surface area contributed by atoms with Crippen molar-refractivity contribution in [1.29, 1.82) is 0 Å². The lowest BCUT2D eigenvalue weighted by atomic mass is 10.2. The summed E-state index contributed by atoms with van der Waals surface area (Å²) >= 11 is 0. The number of nitrogens with zero attached hydrogens (tertiary/aromatic N) is 3. The van der Waals surface area contributed by atoms with Crippen LogP contribution in [0.4, 0.5) is 5.69 Å². The van der Waals surface area contributed by atoms with E-state index in [2.05, 4.69) is 10.5 Å². The van der Waals surface area contributed by atoms with Crippen molar-refractivity contribution in [1.82, 2.24) is 10.3 Å². The van der Waals surface area contributed by atoms with Crippen LogP contribution in [-0.2, 0) is 14.3 Å². The zero-order chi connectivity index (χ0) is 22.8. The van der Waals surface area contributed by atoms with Crippen molar-refractivity contribution in [3.05, 3.63) is 54.1 Å². The summed E-state index contributed by atoms with van der Waals surface area (Å²) in [6.45, 7) is 2.16.